The third-order valence-corrected chi connectivity index (χ3v) is 3.69. The van der Waals surface area contributed by atoms with Gasteiger partial charge in [-0.05, 0) is 56.3 Å². The maximum Gasteiger partial charge on any atom is 0.124 e. The van der Waals surface area contributed by atoms with E-state index in [-0.39, 0.29) is 5.82 Å². The van der Waals surface area contributed by atoms with E-state index in [9.17, 15) is 4.39 Å². The molecule has 1 unspecified atom stereocenters. The Labute approximate surface area is 121 Å². The van der Waals surface area contributed by atoms with E-state index in [0.29, 0.717) is 11.1 Å². The summed E-state index contributed by atoms with van der Waals surface area (Å²) in [5, 5.41) is 4.14. The highest BCUT2D eigenvalue weighted by Gasteiger charge is 2.07. The van der Waals surface area contributed by atoms with Crippen LogP contribution in [0.5, 0.6) is 0 Å². The molecule has 0 aromatic heterocycles. The van der Waals surface area contributed by atoms with Crippen LogP contribution in [-0.2, 0) is 6.42 Å². The molecule has 0 bridgehead atoms. The number of halogens is 2. The summed E-state index contributed by atoms with van der Waals surface area (Å²) in [6.07, 6.45) is 6.77. The van der Waals surface area contributed by atoms with Gasteiger partial charge in [0.25, 0.3) is 0 Å². The summed E-state index contributed by atoms with van der Waals surface area (Å²) in [5.74, 6) is -0.262. The molecule has 1 nitrogen and oxygen atoms in total. The number of hydrogen-bond acceptors (Lipinski definition) is 1. The normalized spacial score (nSPS) is 12.6. The summed E-state index contributed by atoms with van der Waals surface area (Å²) in [6.45, 7) is 5.49. The molecule has 1 aromatic rings. The number of rotatable bonds is 9. The van der Waals surface area contributed by atoms with Gasteiger partial charge in [-0.25, -0.2) is 4.39 Å². The first-order chi connectivity index (χ1) is 9.17. The standard InChI is InChI=1S/C16H25ClFN/c1-3-6-15(19-11-4-2)8-5-7-13-9-10-14(18)12-16(13)17/h9-10,12,15,19H,3-8,11H2,1-2H3. The molecule has 0 saturated carbocycles. The average Bonchev–Trinajstić information content (AvgIpc) is 2.38. The van der Waals surface area contributed by atoms with Crippen molar-refractivity contribution >= 4 is 11.6 Å². The molecule has 0 radical (unpaired) electrons. The van der Waals surface area contributed by atoms with Gasteiger partial charge in [0.2, 0.25) is 0 Å². The molecule has 0 aliphatic carbocycles. The van der Waals surface area contributed by atoms with Crippen LogP contribution in [0.25, 0.3) is 0 Å². The summed E-state index contributed by atoms with van der Waals surface area (Å²) >= 11 is 6.03. The average molecular weight is 286 g/mol. The zero-order valence-electron chi connectivity index (χ0n) is 12.0. The van der Waals surface area contributed by atoms with Crippen LogP contribution in [0.2, 0.25) is 5.02 Å². The van der Waals surface area contributed by atoms with E-state index >= 15 is 0 Å². The van der Waals surface area contributed by atoms with Crippen molar-refractivity contribution < 1.29 is 4.39 Å². The number of benzene rings is 1. The monoisotopic (exact) mass is 285 g/mol. The first-order valence-electron chi connectivity index (χ1n) is 7.34. The first kappa shape index (κ1) is 16.5. The van der Waals surface area contributed by atoms with E-state index in [1.54, 1.807) is 6.07 Å². The Bertz CT molecular complexity index is 368. The molecule has 1 aromatic carbocycles. The minimum atomic E-state index is -0.262. The highest BCUT2D eigenvalue weighted by molar-refractivity contribution is 6.31. The van der Waals surface area contributed by atoms with E-state index in [0.717, 1.165) is 31.4 Å². The summed E-state index contributed by atoms with van der Waals surface area (Å²) in [6, 6.07) is 5.28. The number of nitrogens with one attached hydrogen (secondary N) is 1. The van der Waals surface area contributed by atoms with E-state index < -0.39 is 0 Å². The van der Waals surface area contributed by atoms with Crippen molar-refractivity contribution in [3.63, 3.8) is 0 Å². The molecule has 0 saturated heterocycles. The van der Waals surface area contributed by atoms with Crippen molar-refractivity contribution in [3.8, 4) is 0 Å². The Morgan fingerprint density at radius 3 is 2.63 bits per heavy atom. The van der Waals surface area contributed by atoms with E-state index in [2.05, 4.69) is 19.2 Å². The summed E-state index contributed by atoms with van der Waals surface area (Å²) in [7, 11) is 0. The van der Waals surface area contributed by atoms with Gasteiger partial charge < -0.3 is 5.32 Å². The van der Waals surface area contributed by atoms with Gasteiger partial charge in [0.1, 0.15) is 5.82 Å². The molecule has 0 aliphatic heterocycles. The van der Waals surface area contributed by atoms with Crippen molar-refractivity contribution in [2.75, 3.05) is 6.54 Å². The third-order valence-electron chi connectivity index (χ3n) is 3.33. The molecule has 0 fully saturated rings. The Balaban J connectivity index is 2.38. The smallest absolute Gasteiger partial charge is 0.124 e. The molecule has 0 aliphatic rings. The first-order valence-corrected chi connectivity index (χ1v) is 7.72. The van der Waals surface area contributed by atoms with E-state index in [1.807, 2.05) is 0 Å². The molecular weight excluding hydrogens is 261 g/mol. The minimum Gasteiger partial charge on any atom is -0.314 e. The van der Waals surface area contributed by atoms with Crippen molar-refractivity contribution in [2.45, 2.75) is 58.4 Å². The van der Waals surface area contributed by atoms with Gasteiger partial charge in [-0.15, -0.1) is 0 Å². The molecule has 1 N–H and O–H groups in total. The lowest BCUT2D eigenvalue weighted by molar-refractivity contribution is 0.438. The van der Waals surface area contributed by atoms with Crippen molar-refractivity contribution in [1.29, 1.82) is 0 Å². The van der Waals surface area contributed by atoms with Gasteiger partial charge in [-0.1, -0.05) is 37.9 Å². The summed E-state index contributed by atoms with van der Waals surface area (Å²) < 4.78 is 12.9. The molecular formula is C16H25ClFN. The minimum absolute atomic E-state index is 0.262. The van der Waals surface area contributed by atoms with Gasteiger partial charge in [0.15, 0.2) is 0 Å². The highest BCUT2D eigenvalue weighted by Crippen LogP contribution is 2.20. The van der Waals surface area contributed by atoms with Crippen LogP contribution >= 0.6 is 11.6 Å². The van der Waals surface area contributed by atoms with Crippen LogP contribution in [0.4, 0.5) is 4.39 Å². The molecule has 3 heteroatoms. The number of aryl methyl sites for hydroxylation is 1. The zero-order valence-corrected chi connectivity index (χ0v) is 12.8. The highest BCUT2D eigenvalue weighted by atomic mass is 35.5. The second-order valence-electron chi connectivity index (χ2n) is 5.07. The maximum absolute atomic E-state index is 12.9. The van der Waals surface area contributed by atoms with Crippen molar-refractivity contribution in [3.05, 3.63) is 34.6 Å². The zero-order chi connectivity index (χ0) is 14.1. The molecule has 0 heterocycles. The van der Waals surface area contributed by atoms with Crippen molar-refractivity contribution in [1.82, 2.24) is 5.32 Å². The second kappa shape index (κ2) is 9.33. The fourth-order valence-corrected chi connectivity index (χ4v) is 2.57. The predicted octanol–water partition coefficient (Wildman–Crippen LogP) is 4.97. The lowest BCUT2D eigenvalue weighted by Gasteiger charge is -2.17. The molecule has 1 rings (SSSR count). The topological polar surface area (TPSA) is 12.0 Å². The van der Waals surface area contributed by atoms with Crippen LogP contribution in [0.15, 0.2) is 18.2 Å². The van der Waals surface area contributed by atoms with E-state index in [1.165, 1.54) is 31.4 Å². The fourth-order valence-electron chi connectivity index (χ4n) is 2.31. The fraction of sp³-hybridized carbons (Fsp3) is 0.625. The molecule has 0 spiro atoms. The van der Waals surface area contributed by atoms with Crippen molar-refractivity contribution in [2.24, 2.45) is 0 Å². The van der Waals surface area contributed by atoms with Crippen LogP contribution < -0.4 is 5.32 Å². The quantitative estimate of drug-likeness (QED) is 0.675. The largest absolute Gasteiger partial charge is 0.314 e. The van der Waals surface area contributed by atoms with Gasteiger partial charge in [0.05, 0.1) is 0 Å². The maximum atomic E-state index is 12.9. The molecule has 0 amide bonds. The summed E-state index contributed by atoms with van der Waals surface area (Å²) in [5.41, 5.74) is 1.05. The molecule has 108 valence electrons. The Morgan fingerprint density at radius 1 is 1.21 bits per heavy atom. The van der Waals surface area contributed by atoms with E-state index in [4.69, 9.17) is 11.6 Å². The molecule has 1 atom stereocenters. The van der Waals surface area contributed by atoms with Gasteiger partial charge in [-0.3, -0.25) is 0 Å². The Morgan fingerprint density at radius 2 is 2.00 bits per heavy atom. The second-order valence-corrected chi connectivity index (χ2v) is 5.47. The predicted molar refractivity (Wildman–Crippen MR) is 81.3 cm³/mol. The van der Waals surface area contributed by atoms with Crippen LogP contribution in [0.1, 0.15) is 51.5 Å². The summed E-state index contributed by atoms with van der Waals surface area (Å²) in [4.78, 5) is 0. The van der Waals surface area contributed by atoms with Gasteiger partial charge >= 0.3 is 0 Å². The van der Waals surface area contributed by atoms with Crippen LogP contribution in [0, 0.1) is 5.82 Å². The number of hydrogen-bond donors (Lipinski definition) is 1. The lowest BCUT2D eigenvalue weighted by atomic mass is 10.0. The lowest BCUT2D eigenvalue weighted by Crippen LogP contribution is -2.29. The van der Waals surface area contributed by atoms with Crippen LogP contribution in [-0.4, -0.2) is 12.6 Å². The molecule has 19 heavy (non-hydrogen) atoms. The SMILES string of the molecule is CCCNC(CCC)CCCc1ccc(F)cc1Cl. The third kappa shape index (κ3) is 6.40. The van der Waals surface area contributed by atoms with Crippen LogP contribution in [0.3, 0.4) is 0 Å². The Kier molecular flexibility index (Phi) is 8.08. The van der Waals surface area contributed by atoms with Gasteiger partial charge in [-0.2, -0.15) is 0 Å². The Hall–Kier alpha value is -0.600. The van der Waals surface area contributed by atoms with Gasteiger partial charge in [0, 0.05) is 11.1 Å².